The number of aryl methyl sites for hydroxylation is 1. The van der Waals surface area contributed by atoms with Gasteiger partial charge in [-0.05, 0) is 37.1 Å². The SMILES string of the molecule is Cc1cccc(N2CCN(CCC(=O)c3c[nH]c4ccccc34)CC2)c1C. The average molecular weight is 361 g/mol. The van der Waals surface area contributed by atoms with Gasteiger partial charge in [-0.3, -0.25) is 9.69 Å². The minimum Gasteiger partial charge on any atom is -0.369 e. The first-order valence-corrected chi connectivity index (χ1v) is 9.76. The molecule has 4 rings (SSSR count). The van der Waals surface area contributed by atoms with Crippen LogP contribution < -0.4 is 4.90 Å². The number of para-hydroxylation sites is 1. The van der Waals surface area contributed by atoms with Gasteiger partial charge >= 0.3 is 0 Å². The van der Waals surface area contributed by atoms with Gasteiger partial charge in [-0.15, -0.1) is 0 Å². The minimum atomic E-state index is 0.226. The van der Waals surface area contributed by atoms with Crippen LogP contribution in [0.4, 0.5) is 5.69 Å². The summed E-state index contributed by atoms with van der Waals surface area (Å²) in [6.07, 6.45) is 2.43. The lowest BCUT2D eigenvalue weighted by atomic mass is 10.1. The average Bonchev–Trinajstić information content (AvgIpc) is 3.13. The van der Waals surface area contributed by atoms with Crippen molar-refractivity contribution in [1.29, 1.82) is 0 Å². The van der Waals surface area contributed by atoms with Gasteiger partial charge in [0.15, 0.2) is 5.78 Å². The molecule has 0 bridgehead atoms. The van der Waals surface area contributed by atoms with Gasteiger partial charge in [0.1, 0.15) is 0 Å². The quantitative estimate of drug-likeness (QED) is 0.693. The maximum Gasteiger partial charge on any atom is 0.166 e. The van der Waals surface area contributed by atoms with Crippen molar-refractivity contribution in [1.82, 2.24) is 9.88 Å². The first kappa shape index (κ1) is 17.8. The Labute approximate surface area is 160 Å². The standard InChI is InChI=1S/C23H27N3O/c1-17-6-5-9-22(18(17)2)26-14-12-25(13-15-26)11-10-23(27)20-16-24-21-8-4-3-7-19(20)21/h3-9,16,24H,10-15H2,1-2H3. The van der Waals surface area contributed by atoms with Crippen LogP contribution in [0, 0.1) is 13.8 Å². The maximum absolute atomic E-state index is 12.7. The van der Waals surface area contributed by atoms with Gasteiger partial charge in [0.2, 0.25) is 0 Å². The third-order valence-electron chi connectivity index (χ3n) is 5.83. The second-order valence-corrected chi connectivity index (χ2v) is 7.47. The largest absolute Gasteiger partial charge is 0.369 e. The van der Waals surface area contributed by atoms with Crippen molar-refractivity contribution in [2.75, 3.05) is 37.6 Å². The molecule has 1 N–H and O–H groups in total. The number of aromatic nitrogens is 1. The molecule has 27 heavy (non-hydrogen) atoms. The highest BCUT2D eigenvalue weighted by Gasteiger charge is 2.20. The summed E-state index contributed by atoms with van der Waals surface area (Å²) in [7, 11) is 0. The fourth-order valence-electron chi connectivity index (χ4n) is 3.99. The number of hydrogen-bond donors (Lipinski definition) is 1. The van der Waals surface area contributed by atoms with Crippen molar-refractivity contribution in [2.24, 2.45) is 0 Å². The highest BCUT2D eigenvalue weighted by molar-refractivity contribution is 6.07. The van der Waals surface area contributed by atoms with Crippen molar-refractivity contribution in [3.05, 3.63) is 65.4 Å². The van der Waals surface area contributed by atoms with Crippen LogP contribution in [0.1, 0.15) is 27.9 Å². The number of anilines is 1. The second-order valence-electron chi connectivity index (χ2n) is 7.47. The molecule has 0 atom stereocenters. The molecule has 1 fully saturated rings. The van der Waals surface area contributed by atoms with Gasteiger partial charge < -0.3 is 9.88 Å². The summed E-state index contributed by atoms with van der Waals surface area (Å²) in [5.41, 5.74) is 5.92. The number of nitrogens with zero attached hydrogens (tertiary/aromatic N) is 2. The summed E-state index contributed by atoms with van der Waals surface area (Å²) in [5.74, 6) is 0.226. The summed E-state index contributed by atoms with van der Waals surface area (Å²) in [6.45, 7) is 9.27. The van der Waals surface area contributed by atoms with Crippen LogP contribution >= 0.6 is 0 Å². The van der Waals surface area contributed by atoms with E-state index in [1.165, 1.54) is 16.8 Å². The lowest BCUT2D eigenvalue weighted by Gasteiger charge is -2.37. The first-order valence-electron chi connectivity index (χ1n) is 9.76. The number of H-pyrrole nitrogens is 1. The fourth-order valence-corrected chi connectivity index (χ4v) is 3.99. The highest BCUT2D eigenvalue weighted by Crippen LogP contribution is 2.24. The number of Topliss-reactive ketones (excluding diaryl/α,β-unsaturated/α-hetero) is 1. The molecule has 0 radical (unpaired) electrons. The number of carbonyl (C=O) groups is 1. The molecule has 140 valence electrons. The van der Waals surface area contributed by atoms with E-state index in [-0.39, 0.29) is 5.78 Å². The van der Waals surface area contributed by atoms with E-state index in [1.54, 1.807) is 0 Å². The number of carbonyl (C=O) groups excluding carboxylic acids is 1. The van der Waals surface area contributed by atoms with Crippen LogP contribution in [0.25, 0.3) is 10.9 Å². The third-order valence-corrected chi connectivity index (χ3v) is 5.83. The smallest absolute Gasteiger partial charge is 0.166 e. The molecule has 3 aromatic rings. The van der Waals surface area contributed by atoms with E-state index in [2.05, 4.69) is 46.8 Å². The molecule has 0 saturated carbocycles. The number of aromatic amines is 1. The summed E-state index contributed by atoms with van der Waals surface area (Å²) >= 11 is 0. The Balaban J connectivity index is 1.33. The topological polar surface area (TPSA) is 39.3 Å². The molecular formula is C23H27N3O. The summed E-state index contributed by atoms with van der Waals surface area (Å²) in [6, 6.07) is 14.5. The molecule has 0 amide bonds. The van der Waals surface area contributed by atoms with Crippen molar-refractivity contribution in [2.45, 2.75) is 20.3 Å². The third kappa shape index (κ3) is 3.62. The lowest BCUT2D eigenvalue weighted by Crippen LogP contribution is -2.47. The van der Waals surface area contributed by atoms with E-state index in [4.69, 9.17) is 0 Å². The molecule has 1 saturated heterocycles. The predicted molar refractivity (Wildman–Crippen MR) is 112 cm³/mol. The molecule has 2 aromatic carbocycles. The van der Waals surface area contributed by atoms with Gasteiger partial charge in [-0.25, -0.2) is 0 Å². The molecule has 0 spiro atoms. The number of nitrogens with one attached hydrogen (secondary N) is 1. The number of hydrogen-bond acceptors (Lipinski definition) is 3. The molecule has 2 heterocycles. The predicted octanol–water partition coefficient (Wildman–Crippen LogP) is 4.18. The zero-order valence-corrected chi connectivity index (χ0v) is 16.2. The van der Waals surface area contributed by atoms with Crippen LogP contribution in [0.5, 0.6) is 0 Å². The van der Waals surface area contributed by atoms with Crippen LogP contribution in [-0.2, 0) is 0 Å². The Bertz CT molecular complexity index is 951. The fraction of sp³-hybridized carbons (Fsp3) is 0.348. The second kappa shape index (κ2) is 7.57. The maximum atomic E-state index is 12.7. The van der Waals surface area contributed by atoms with Crippen LogP contribution in [-0.4, -0.2) is 48.4 Å². The van der Waals surface area contributed by atoms with Gasteiger partial charge in [0, 0.05) is 67.5 Å². The molecule has 0 unspecified atom stereocenters. The number of fused-ring (bicyclic) bond motifs is 1. The number of benzene rings is 2. The lowest BCUT2D eigenvalue weighted by molar-refractivity contribution is 0.0964. The van der Waals surface area contributed by atoms with E-state index in [0.29, 0.717) is 6.42 Å². The molecule has 4 nitrogen and oxygen atoms in total. The highest BCUT2D eigenvalue weighted by atomic mass is 16.1. The molecule has 1 aliphatic rings. The summed E-state index contributed by atoms with van der Waals surface area (Å²) in [5, 5.41) is 1.03. The Morgan fingerprint density at radius 3 is 2.59 bits per heavy atom. The van der Waals surface area contributed by atoms with Crippen LogP contribution in [0.3, 0.4) is 0 Å². The molecule has 1 aliphatic heterocycles. The minimum absolute atomic E-state index is 0.226. The number of rotatable bonds is 5. The summed E-state index contributed by atoms with van der Waals surface area (Å²) in [4.78, 5) is 20.8. The molecule has 4 heteroatoms. The van der Waals surface area contributed by atoms with E-state index < -0.39 is 0 Å². The van der Waals surface area contributed by atoms with E-state index >= 15 is 0 Å². The monoisotopic (exact) mass is 361 g/mol. The summed E-state index contributed by atoms with van der Waals surface area (Å²) < 4.78 is 0. The van der Waals surface area contributed by atoms with Crippen molar-refractivity contribution in [3.63, 3.8) is 0 Å². The molecule has 1 aromatic heterocycles. The van der Waals surface area contributed by atoms with Crippen molar-refractivity contribution < 1.29 is 4.79 Å². The Morgan fingerprint density at radius 1 is 1.00 bits per heavy atom. The zero-order chi connectivity index (χ0) is 18.8. The van der Waals surface area contributed by atoms with Crippen LogP contribution in [0.2, 0.25) is 0 Å². The van der Waals surface area contributed by atoms with Gasteiger partial charge in [-0.1, -0.05) is 30.3 Å². The van der Waals surface area contributed by atoms with Gasteiger partial charge in [0.05, 0.1) is 0 Å². The zero-order valence-electron chi connectivity index (χ0n) is 16.2. The normalized spacial score (nSPS) is 15.4. The molecule has 0 aliphatic carbocycles. The Kier molecular flexibility index (Phi) is 4.99. The number of ketones is 1. The number of piperazine rings is 1. The Morgan fingerprint density at radius 2 is 1.78 bits per heavy atom. The van der Waals surface area contributed by atoms with Crippen LogP contribution in [0.15, 0.2) is 48.7 Å². The van der Waals surface area contributed by atoms with E-state index in [9.17, 15) is 4.79 Å². The van der Waals surface area contributed by atoms with E-state index in [0.717, 1.165) is 49.2 Å². The van der Waals surface area contributed by atoms with Gasteiger partial charge in [-0.2, -0.15) is 0 Å². The van der Waals surface area contributed by atoms with E-state index in [1.807, 2.05) is 30.5 Å². The Hall–Kier alpha value is -2.59. The van der Waals surface area contributed by atoms with Crippen molar-refractivity contribution in [3.8, 4) is 0 Å². The van der Waals surface area contributed by atoms with Gasteiger partial charge in [0.25, 0.3) is 0 Å². The first-order chi connectivity index (χ1) is 13.1. The molecular weight excluding hydrogens is 334 g/mol. The van der Waals surface area contributed by atoms with Crippen molar-refractivity contribution >= 4 is 22.4 Å².